The van der Waals surface area contributed by atoms with E-state index in [1.807, 2.05) is 0 Å². The van der Waals surface area contributed by atoms with Crippen LogP contribution in [0.3, 0.4) is 0 Å². The van der Waals surface area contributed by atoms with Gasteiger partial charge in [0.15, 0.2) is 0 Å². The molecule has 0 aliphatic heterocycles. The molecule has 0 aliphatic rings. The van der Waals surface area contributed by atoms with Gasteiger partial charge in [-0.2, -0.15) is 0 Å². The Morgan fingerprint density at radius 1 is 1.15 bits per heavy atom. The lowest BCUT2D eigenvalue weighted by molar-refractivity contribution is 0.199. The molecule has 1 atom stereocenters. The topological polar surface area (TPSA) is 77.8 Å². The summed E-state index contributed by atoms with van der Waals surface area (Å²) in [5, 5.41) is 18.1. The molecule has 1 rings (SSSR count). The molecule has 5 nitrogen and oxygen atoms in total. The zero-order valence-corrected chi connectivity index (χ0v) is 12.8. The molecule has 0 saturated carbocycles. The molecular weight excluding hydrogens is 278 g/mol. The number of unbranched alkanes of at least 4 members (excludes halogenated alkanes) is 2. The van der Waals surface area contributed by atoms with Crippen molar-refractivity contribution in [3.8, 4) is 0 Å². The first-order chi connectivity index (χ1) is 9.39. The lowest BCUT2D eigenvalue weighted by Crippen LogP contribution is -2.28. The molecule has 20 heavy (non-hydrogen) atoms. The van der Waals surface area contributed by atoms with Gasteiger partial charge < -0.3 is 10.2 Å². The number of hydrogen-bond donors (Lipinski definition) is 2. The molecule has 0 aromatic heterocycles. The van der Waals surface area contributed by atoms with Crippen LogP contribution >= 0.6 is 0 Å². The van der Waals surface area contributed by atoms with Gasteiger partial charge in [0.25, 0.3) is 0 Å². The highest BCUT2D eigenvalue weighted by Crippen LogP contribution is 2.18. The molecule has 1 unspecified atom stereocenters. The third kappa shape index (κ3) is 4.56. The molecule has 0 heterocycles. The molecular formula is C14H23NO4S. The molecule has 0 amide bonds. The molecule has 0 saturated heterocycles. The quantitative estimate of drug-likeness (QED) is 0.714. The molecule has 0 bridgehead atoms. The fraction of sp³-hybridized carbons (Fsp3) is 0.571. The smallest absolute Gasteiger partial charge is 0.242 e. The van der Waals surface area contributed by atoms with Gasteiger partial charge in [-0.05, 0) is 43.9 Å². The average molecular weight is 301 g/mol. The molecule has 0 fully saturated rings. The minimum absolute atomic E-state index is 0.136. The van der Waals surface area contributed by atoms with Crippen LogP contribution in [0.4, 0.5) is 0 Å². The van der Waals surface area contributed by atoms with Crippen molar-refractivity contribution in [3.05, 3.63) is 29.8 Å². The first-order valence-electron chi connectivity index (χ1n) is 6.75. The van der Waals surface area contributed by atoms with Crippen molar-refractivity contribution in [2.75, 3.05) is 20.2 Å². The van der Waals surface area contributed by atoms with Gasteiger partial charge >= 0.3 is 0 Å². The van der Waals surface area contributed by atoms with E-state index in [0.717, 1.165) is 12.8 Å². The normalized spacial score (nSPS) is 13.7. The lowest BCUT2D eigenvalue weighted by atomic mass is 10.1. The number of sulfonamides is 1. The first kappa shape index (κ1) is 17.1. The zero-order chi connectivity index (χ0) is 15.2. The summed E-state index contributed by atoms with van der Waals surface area (Å²) in [6.07, 6.45) is 1.61. The Labute approximate surface area is 120 Å². The highest BCUT2D eigenvalue weighted by molar-refractivity contribution is 7.89. The van der Waals surface area contributed by atoms with Gasteiger partial charge in [0, 0.05) is 20.2 Å². The van der Waals surface area contributed by atoms with E-state index in [2.05, 4.69) is 0 Å². The second-order valence-electron chi connectivity index (χ2n) is 4.86. The summed E-state index contributed by atoms with van der Waals surface area (Å²) >= 11 is 0. The van der Waals surface area contributed by atoms with Gasteiger partial charge in [-0.25, -0.2) is 12.7 Å². The van der Waals surface area contributed by atoms with Crippen LogP contribution in [0.1, 0.15) is 37.9 Å². The number of rotatable bonds is 8. The van der Waals surface area contributed by atoms with Crippen LogP contribution < -0.4 is 0 Å². The van der Waals surface area contributed by atoms with Crippen LogP contribution in [0.15, 0.2) is 29.2 Å². The molecule has 2 N–H and O–H groups in total. The molecule has 6 heteroatoms. The second kappa shape index (κ2) is 7.73. The Hall–Kier alpha value is -0.950. The maximum Gasteiger partial charge on any atom is 0.242 e. The molecule has 0 radical (unpaired) electrons. The summed E-state index contributed by atoms with van der Waals surface area (Å²) < 4.78 is 25.9. The SMILES string of the molecule is CC(O)c1ccc(S(=O)(=O)N(C)CCCCCO)cc1. The fourth-order valence-corrected chi connectivity index (χ4v) is 3.05. The summed E-state index contributed by atoms with van der Waals surface area (Å²) in [5.74, 6) is 0. The minimum Gasteiger partial charge on any atom is -0.396 e. The van der Waals surface area contributed by atoms with E-state index >= 15 is 0 Å². The van der Waals surface area contributed by atoms with E-state index in [0.29, 0.717) is 18.5 Å². The van der Waals surface area contributed by atoms with Gasteiger partial charge in [-0.15, -0.1) is 0 Å². The summed E-state index contributed by atoms with van der Waals surface area (Å²) in [7, 11) is -1.93. The van der Waals surface area contributed by atoms with Crippen LogP contribution in [0.2, 0.25) is 0 Å². The Balaban J connectivity index is 2.72. The third-order valence-electron chi connectivity index (χ3n) is 3.20. The van der Waals surface area contributed by atoms with Gasteiger partial charge in [-0.1, -0.05) is 12.1 Å². The Morgan fingerprint density at radius 2 is 1.75 bits per heavy atom. The van der Waals surface area contributed by atoms with Crippen molar-refractivity contribution < 1.29 is 18.6 Å². The van der Waals surface area contributed by atoms with E-state index < -0.39 is 16.1 Å². The van der Waals surface area contributed by atoms with Crippen LogP contribution in [-0.2, 0) is 10.0 Å². The van der Waals surface area contributed by atoms with Crippen molar-refractivity contribution in [3.63, 3.8) is 0 Å². The number of hydrogen-bond acceptors (Lipinski definition) is 4. The van der Waals surface area contributed by atoms with Gasteiger partial charge in [0.05, 0.1) is 11.0 Å². The number of benzene rings is 1. The van der Waals surface area contributed by atoms with E-state index in [-0.39, 0.29) is 11.5 Å². The number of aliphatic hydroxyl groups is 2. The first-order valence-corrected chi connectivity index (χ1v) is 8.19. The van der Waals surface area contributed by atoms with Crippen LogP contribution in [0.25, 0.3) is 0 Å². The van der Waals surface area contributed by atoms with Gasteiger partial charge in [0.2, 0.25) is 10.0 Å². The number of nitrogens with zero attached hydrogens (tertiary/aromatic N) is 1. The summed E-state index contributed by atoms with van der Waals surface area (Å²) in [6.45, 7) is 2.20. The second-order valence-corrected chi connectivity index (χ2v) is 6.90. The zero-order valence-electron chi connectivity index (χ0n) is 12.0. The Bertz CT molecular complexity index is 496. The van der Waals surface area contributed by atoms with E-state index in [4.69, 9.17) is 5.11 Å². The monoisotopic (exact) mass is 301 g/mol. The lowest BCUT2D eigenvalue weighted by Gasteiger charge is -2.17. The van der Waals surface area contributed by atoms with Gasteiger partial charge in [-0.3, -0.25) is 0 Å². The van der Waals surface area contributed by atoms with Crippen molar-refractivity contribution >= 4 is 10.0 Å². The van der Waals surface area contributed by atoms with Crippen LogP contribution in [-0.4, -0.2) is 43.1 Å². The van der Waals surface area contributed by atoms with Crippen molar-refractivity contribution in [2.45, 2.75) is 37.2 Å². The standard InChI is InChI=1S/C14H23NO4S/c1-12(17)13-6-8-14(9-7-13)20(18,19)15(2)10-4-3-5-11-16/h6-9,12,16-17H,3-5,10-11H2,1-2H3. The third-order valence-corrected chi connectivity index (χ3v) is 5.07. The molecule has 1 aromatic carbocycles. The molecule has 0 spiro atoms. The highest BCUT2D eigenvalue weighted by Gasteiger charge is 2.20. The van der Waals surface area contributed by atoms with Crippen LogP contribution in [0.5, 0.6) is 0 Å². The Morgan fingerprint density at radius 3 is 2.25 bits per heavy atom. The van der Waals surface area contributed by atoms with E-state index in [1.54, 1.807) is 26.1 Å². The molecule has 0 aliphatic carbocycles. The van der Waals surface area contributed by atoms with Crippen molar-refractivity contribution in [2.24, 2.45) is 0 Å². The molecule has 114 valence electrons. The largest absolute Gasteiger partial charge is 0.396 e. The van der Waals surface area contributed by atoms with E-state index in [9.17, 15) is 13.5 Å². The predicted octanol–water partition coefficient (Wildman–Crippen LogP) is 1.52. The Kier molecular flexibility index (Phi) is 6.61. The molecule has 1 aromatic rings. The predicted molar refractivity (Wildman–Crippen MR) is 77.8 cm³/mol. The van der Waals surface area contributed by atoms with Crippen molar-refractivity contribution in [1.82, 2.24) is 4.31 Å². The fourth-order valence-electron chi connectivity index (χ4n) is 1.84. The van der Waals surface area contributed by atoms with E-state index in [1.165, 1.54) is 16.4 Å². The average Bonchev–Trinajstić information content (AvgIpc) is 2.43. The summed E-state index contributed by atoms with van der Waals surface area (Å²) in [5.41, 5.74) is 0.689. The van der Waals surface area contributed by atoms with Gasteiger partial charge in [0.1, 0.15) is 0 Å². The maximum atomic E-state index is 12.3. The number of aliphatic hydroxyl groups excluding tert-OH is 2. The summed E-state index contributed by atoms with van der Waals surface area (Å²) in [4.78, 5) is 0.228. The van der Waals surface area contributed by atoms with Crippen molar-refractivity contribution in [1.29, 1.82) is 0 Å². The highest BCUT2D eigenvalue weighted by atomic mass is 32.2. The van der Waals surface area contributed by atoms with Crippen LogP contribution in [0, 0.1) is 0 Å². The maximum absolute atomic E-state index is 12.3. The minimum atomic E-state index is -3.48. The summed E-state index contributed by atoms with van der Waals surface area (Å²) in [6, 6.07) is 6.28.